The monoisotopic (exact) mass is 241 g/mol. The van der Waals surface area contributed by atoms with Crippen LogP contribution in [0.5, 0.6) is 0 Å². The molecule has 0 aromatic carbocycles. The first-order chi connectivity index (χ1) is 7.72. The molecule has 0 amide bonds. The fourth-order valence-corrected chi connectivity index (χ4v) is 1.68. The third-order valence-corrected chi connectivity index (χ3v) is 3.01. The van der Waals surface area contributed by atoms with Crippen LogP contribution < -0.4 is 10.9 Å². The number of nitrogens with one attached hydrogen (secondary N) is 1. The van der Waals surface area contributed by atoms with Gasteiger partial charge in [-0.15, -0.1) is 0 Å². The number of halogens is 1. The second-order valence-corrected chi connectivity index (χ2v) is 4.55. The molecule has 0 unspecified atom stereocenters. The Kier molecular flexibility index (Phi) is 3.49. The van der Waals surface area contributed by atoms with Crippen molar-refractivity contribution in [3.8, 4) is 0 Å². The van der Waals surface area contributed by atoms with E-state index in [1.165, 1.54) is 4.68 Å². The van der Waals surface area contributed by atoms with Crippen LogP contribution in [0.4, 0.5) is 5.69 Å². The van der Waals surface area contributed by atoms with Crippen molar-refractivity contribution in [2.45, 2.75) is 45.2 Å². The highest BCUT2D eigenvalue weighted by molar-refractivity contribution is 6.32. The molecule has 0 atom stereocenters. The molecule has 1 N–H and O–H groups in total. The lowest BCUT2D eigenvalue weighted by Crippen LogP contribution is -2.24. The summed E-state index contributed by atoms with van der Waals surface area (Å²) in [5.41, 5.74) is 0.475. The summed E-state index contributed by atoms with van der Waals surface area (Å²) in [6, 6.07) is 0.477. The van der Waals surface area contributed by atoms with E-state index in [-0.39, 0.29) is 10.6 Å². The topological polar surface area (TPSA) is 46.9 Å². The van der Waals surface area contributed by atoms with Crippen LogP contribution in [0.15, 0.2) is 11.0 Å². The minimum atomic E-state index is -0.194. The predicted molar refractivity (Wildman–Crippen MR) is 65.1 cm³/mol. The van der Waals surface area contributed by atoms with Gasteiger partial charge in [0.2, 0.25) is 0 Å². The molecular formula is C11H16ClN3O. The van der Waals surface area contributed by atoms with Gasteiger partial charge in [-0.3, -0.25) is 4.79 Å². The summed E-state index contributed by atoms with van der Waals surface area (Å²) in [4.78, 5) is 11.8. The highest BCUT2D eigenvalue weighted by Crippen LogP contribution is 2.26. The van der Waals surface area contributed by atoms with Crippen molar-refractivity contribution in [1.82, 2.24) is 9.78 Å². The number of nitrogens with zero attached hydrogens (tertiary/aromatic N) is 2. The summed E-state index contributed by atoms with van der Waals surface area (Å²) in [5, 5.41) is 7.58. The molecule has 1 fully saturated rings. The van der Waals surface area contributed by atoms with E-state index in [1.54, 1.807) is 6.20 Å². The first kappa shape index (κ1) is 11.5. The molecule has 0 saturated heterocycles. The molecule has 0 radical (unpaired) electrons. The largest absolute Gasteiger partial charge is 0.380 e. The van der Waals surface area contributed by atoms with Crippen molar-refractivity contribution in [2.24, 2.45) is 0 Å². The minimum absolute atomic E-state index is 0.194. The van der Waals surface area contributed by atoms with Crippen molar-refractivity contribution >= 4 is 17.3 Å². The number of unbranched alkanes of at least 4 members (excludes halogenated alkanes) is 1. The van der Waals surface area contributed by atoms with E-state index in [0.717, 1.165) is 25.7 Å². The highest BCUT2D eigenvalue weighted by Gasteiger charge is 2.22. The SMILES string of the molecule is CCCCn1ncc(NC2CC2)c(Cl)c1=O. The molecule has 0 bridgehead atoms. The zero-order valence-electron chi connectivity index (χ0n) is 9.37. The average Bonchev–Trinajstić information content (AvgIpc) is 3.08. The molecule has 1 aromatic rings. The van der Waals surface area contributed by atoms with Crippen LogP contribution in [0.3, 0.4) is 0 Å². The molecule has 1 aromatic heterocycles. The third-order valence-electron chi connectivity index (χ3n) is 2.65. The van der Waals surface area contributed by atoms with Crippen LogP contribution in [-0.4, -0.2) is 15.8 Å². The molecule has 2 rings (SSSR count). The van der Waals surface area contributed by atoms with E-state index in [2.05, 4.69) is 17.3 Å². The second-order valence-electron chi connectivity index (χ2n) is 4.17. The van der Waals surface area contributed by atoms with Crippen LogP contribution in [0.25, 0.3) is 0 Å². The molecule has 16 heavy (non-hydrogen) atoms. The summed E-state index contributed by atoms with van der Waals surface area (Å²) in [7, 11) is 0. The van der Waals surface area contributed by atoms with Crippen molar-refractivity contribution in [1.29, 1.82) is 0 Å². The number of anilines is 1. The Bertz CT molecular complexity index is 426. The van der Waals surface area contributed by atoms with E-state index in [1.807, 2.05) is 0 Å². The zero-order valence-corrected chi connectivity index (χ0v) is 10.1. The average molecular weight is 242 g/mol. The Hall–Kier alpha value is -1.03. The zero-order chi connectivity index (χ0) is 11.5. The minimum Gasteiger partial charge on any atom is -0.380 e. The fraction of sp³-hybridized carbons (Fsp3) is 0.636. The Morgan fingerprint density at radius 3 is 3.00 bits per heavy atom. The van der Waals surface area contributed by atoms with Crippen molar-refractivity contribution in [2.75, 3.05) is 5.32 Å². The lowest BCUT2D eigenvalue weighted by Gasteiger charge is -2.08. The summed E-state index contributed by atoms with van der Waals surface area (Å²) in [6.45, 7) is 2.72. The Morgan fingerprint density at radius 2 is 2.38 bits per heavy atom. The highest BCUT2D eigenvalue weighted by atomic mass is 35.5. The fourth-order valence-electron chi connectivity index (χ4n) is 1.48. The van der Waals surface area contributed by atoms with Gasteiger partial charge in [-0.25, -0.2) is 4.68 Å². The van der Waals surface area contributed by atoms with Gasteiger partial charge in [-0.05, 0) is 19.3 Å². The first-order valence-corrected chi connectivity index (χ1v) is 6.12. The van der Waals surface area contributed by atoms with E-state index in [0.29, 0.717) is 18.3 Å². The van der Waals surface area contributed by atoms with Gasteiger partial charge < -0.3 is 5.32 Å². The van der Waals surface area contributed by atoms with Crippen molar-refractivity contribution in [3.63, 3.8) is 0 Å². The number of hydrogen-bond acceptors (Lipinski definition) is 3. The van der Waals surface area contributed by atoms with Crippen LogP contribution in [-0.2, 0) is 6.54 Å². The Morgan fingerprint density at radius 1 is 1.62 bits per heavy atom. The molecule has 1 aliphatic carbocycles. The molecule has 5 heteroatoms. The lowest BCUT2D eigenvalue weighted by atomic mass is 10.3. The molecule has 1 heterocycles. The quantitative estimate of drug-likeness (QED) is 0.860. The summed E-state index contributed by atoms with van der Waals surface area (Å²) in [5.74, 6) is 0. The molecular weight excluding hydrogens is 226 g/mol. The van der Waals surface area contributed by atoms with Gasteiger partial charge in [0.25, 0.3) is 5.56 Å². The molecule has 0 aliphatic heterocycles. The number of rotatable bonds is 5. The van der Waals surface area contributed by atoms with E-state index in [4.69, 9.17) is 11.6 Å². The number of aromatic nitrogens is 2. The summed E-state index contributed by atoms with van der Waals surface area (Å²) >= 11 is 6.01. The van der Waals surface area contributed by atoms with Crippen LogP contribution in [0.1, 0.15) is 32.6 Å². The van der Waals surface area contributed by atoms with Gasteiger partial charge in [-0.2, -0.15) is 5.10 Å². The van der Waals surface area contributed by atoms with Gasteiger partial charge in [0, 0.05) is 12.6 Å². The molecule has 1 aliphatic rings. The summed E-state index contributed by atoms with van der Waals surface area (Å²) in [6.07, 6.45) is 5.93. The lowest BCUT2D eigenvalue weighted by molar-refractivity contribution is 0.543. The molecule has 0 spiro atoms. The Balaban J connectivity index is 2.17. The van der Waals surface area contributed by atoms with Crippen LogP contribution in [0, 0.1) is 0 Å². The maximum Gasteiger partial charge on any atom is 0.287 e. The predicted octanol–water partition coefficient (Wildman–Crippen LogP) is 2.27. The number of aryl methyl sites for hydroxylation is 1. The van der Waals surface area contributed by atoms with Crippen molar-refractivity contribution in [3.05, 3.63) is 21.6 Å². The maximum atomic E-state index is 11.8. The Labute approximate surface area is 99.6 Å². The summed E-state index contributed by atoms with van der Waals surface area (Å²) < 4.78 is 1.43. The third kappa shape index (κ3) is 2.55. The van der Waals surface area contributed by atoms with Gasteiger partial charge in [-0.1, -0.05) is 24.9 Å². The molecule has 4 nitrogen and oxygen atoms in total. The molecule has 1 saturated carbocycles. The van der Waals surface area contributed by atoms with Crippen molar-refractivity contribution < 1.29 is 0 Å². The molecule has 88 valence electrons. The van der Waals surface area contributed by atoms with E-state index >= 15 is 0 Å². The first-order valence-electron chi connectivity index (χ1n) is 5.74. The van der Waals surface area contributed by atoms with Gasteiger partial charge in [0.1, 0.15) is 5.02 Å². The van der Waals surface area contributed by atoms with Crippen LogP contribution in [0.2, 0.25) is 5.02 Å². The van der Waals surface area contributed by atoms with Gasteiger partial charge in [0.15, 0.2) is 0 Å². The maximum absolute atomic E-state index is 11.8. The van der Waals surface area contributed by atoms with E-state index in [9.17, 15) is 4.79 Å². The second kappa shape index (κ2) is 4.87. The standard InChI is InChI=1S/C11H16ClN3O/c1-2-3-6-15-11(16)10(12)9(7-13-15)14-8-4-5-8/h7-8,14H,2-6H2,1H3. The van der Waals surface area contributed by atoms with Crippen LogP contribution >= 0.6 is 11.6 Å². The smallest absolute Gasteiger partial charge is 0.287 e. The normalized spacial score (nSPS) is 15.1. The number of hydrogen-bond donors (Lipinski definition) is 1. The van der Waals surface area contributed by atoms with Gasteiger partial charge >= 0.3 is 0 Å². The van der Waals surface area contributed by atoms with Gasteiger partial charge in [0.05, 0.1) is 11.9 Å². The van der Waals surface area contributed by atoms with E-state index < -0.39 is 0 Å².